The van der Waals surface area contributed by atoms with Crippen LogP contribution in [-0.2, 0) is 13.1 Å². The Morgan fingerprint density at radius 2 is 1.94 bits per heavy atom. The van der Waals surface area contributed by atoms with Crippen molar-refractivity contribution in [2.75, 3.05) is 0 Å². The highest BCUT2D eigenvalue weighted by Gasteiger charge is 2.12. The summed E-state index contributed by atoms with van der Waals surface area (Å²) in [4.78, 5) is 0. The molecule has 0 atom stereocenters. The van der Waals surface area contributed by atoms with Gasteiger partial charge in [0, 0.05) is 12.1 Å². The molecule has 0 radical (unpaired) electrons. The Kier molecular flexibility index (Phi) is 5.72. The third kappa shape index (κ3) is 6.10. The second-order valence-corrected chi connectivity index (χ2v) is 6.31. The minimum Gasteiger partial charge on any atom is -0.305 e. The zero-order valence-electron chi connectivity index (χ0n) is 12.4. The molecule has 0 spiro atoms. The minimum absolute atomic E-state index is 0.0917. The number of hydrogen-bond donors (Lipinski definition) is 1. The maximum Gasteiger partial charge on any atom is 0.165 e. The van der Waals surface area contributed by atoms with E-state index >= 15 is 0 Å². The topological polar surface area (TPSA) is 55.6 Å². The second kappa shape index (κ2) is 6.83. The zero-order valence-corrected chi connectivity index (χ0v) is 12.4. The molecule has 5 heteroatoms. The molecule has 0 bridgehead atoms. The normalized spacial score (nSPS) is 12.3. The number of nitrogens with zero attached hydrogens (tertiary/aromatic N) is 4. The van der Waals surface area contributed by atoms with E-state index in [0.29, 0.717) is 0 Å². The molecule has 0 aromatic carbocycles. The van der Waals surface area contributed by atoms with Crippen LogP contribution in [0.25, 0.3) is 0 Å². The molecule has 1 aromatic rings. The molecule has 18 heavy (non-hydrogen) atoms. The third-order valence-corrected chi connectivity index (χ3v) is 2.78. The van der Waals surface area contributed by atoms with Gasteiger partial charge in [-0.05, 0) is 43.5 Å². The molecule has 0 saturated carbocycles. The van der Waals surface area contributed by atoms with E-state index < -0.39 is 0 Å². The molecular formula is C13H27N5. The van der Waals surface area contributed by atoms with Gasteiger partial charge >= 0.3 is 0 Å². The predicted molar refractivity (Wildman–Crippen MR) is 73.1 cm³/mol. The molecule has 0 aliphatic rings. The van der Waals surface area contributed by atoms with Gasteiger partial charge in [0.05, 0.1) is 6.54 Å². The molecule has 0 aliphatic heterocycles. The molecule has 1 rings (SSSR count). The minimum atomic E-state index is 0.0917. The van der Waals surface area contributed by atoms with Gasteiger partial charge in [-0.3, -0.25) is 0 Å². The van der Waals surface area contributed by atoms with Gasteiger partial charge in [-0.15, -0.1) is 5.10 Å². The third-order valence-electron chi connectivity index (χ3n) is 2.78. The fourth-order valence-electron chi connectivity index (χ4n) is 1.68. The summed E-state index contributed by atoms with van der Waals surface area (Å²) in [6, 6.07) is 0. The highest BCUT2D eigenvalue weighted by atomic mass is 15.5. The molecule has 0 saturated heterocycles. The second-order valence-electron chi connectivity index (χ2n) is 6.31. The van der Waals surface area contributed by atoms with Crippen molar-refractivity contribution in [2.45, 2.75) is 72.5 Å². The number of nitrogens with one attached hydrogen (secondary N) is 1. The average Bonchev–Trinajstić information content (AvgIpc) is 2.68. The van der Waals surface area contributed by atoms with Gasteiger partial charge in [0.2, 0.25) is 0 Å². The van der Waals surface area contributed by atoms with Crippen molar-refractivity contribution < 1.29 is 0 Å². The highest BCUT2D eigenvalue weighted by Crippen LogP contribution is 2.08. The first-order valence-corrected chi connectivity index (χ1v) is 6.88. The Balaban J connectivity index is 2.35. The Morgan fingerprint density at radius 1 is 1.22 bits per heavy atom. The van der Waals surface area contributed by atoms with Gasteiger partial charge in [-0.2, -0.15) is 0 Å². The number of aryl methyl sites for hydroxylation is 1. The first-order chi connectivity index (χ1) is 8.38. The van der Waals surface area contributed by atoms with Crippen LogP contribution in [0.2, 0.25) is 0 Å². The summed E-state index contributed by atoms with van der Waals surface area (Å²) < 4.78 is 1.92. The molecule has 0 fully saturated rings. The van der Waals surface area contributed by atoms with Crippen LogP contribution in [0, 0.1) is 5.92 Å². The van der Waals surface area contributed by atoms with Gasteiger partial charge in [0.15, 0.2) is 5.82 Å². The SMILES string of the molecule is CC(C)CCCCn1nnnc1CNC(C)(C)C. The Bertz CT molecular complexity index is 337. The van der Waals surface area contributed by atoms with Crippen LogP contribution in [0.15, 0.2) is 0 Å². The summed E-state index contributed by atoms with van der Waals surface area (Å²) in [6.07, 6.45) is 3.66. The zero-order chi connectivity index (χ0) is 13.6. The lowest BCUT2D eigenvalue weighted by Gasteiger charge is -2.19. The predicted octanol–water partition coefficient (Wildman–Crippen LogP) is 2.39. The number of tetrazole rings is 1. The molecule has 1 N–H and O–H groups in total. The van der Waals surface area contributed by atoms with Crippen LogP contribution in [0.1, 0.15) is 59.7 Å². The van der Waals surface area contributed by atoms with E-state index in [0.717, 1.165) is 31.3 Å². The maximum absolute atomic E-state index is 4.07. The quantitative estimate of drug-likeness (QED) is 0.758. The van der Waals surface area contributed by atoms with Crippen molar-refractivity contribution in [1.29, 1.82) is 0 Å². The van der Waals surface area contributed by atoms with E-state index in [-0.39, 0.29) is 5.54 Å². The summed E-state index contributed by atoms with van der Waals surface area (Å²) in [5.41, 5.74) is 0.0917. The lowest BCUT2D eigenvalue weighted by molar-refractivity contribution is 0.403. The lowest BCUT2D eigenvalue weighted by Crippen LogP contribution is -2.36. The summed E-state index contributed by atoms with van der Waals surface area (Å²) in [5.74, 6) is 1.70. The summed E-state index contributed by atoms with van der Waals surface area (Å²) in [5, 5.41) is 15.3. The Labute approximate surface area is 110 Å². The van der Waals surface area contributed by atoms with Crippen molar-refractivity contribution in [3.8, 4) is 0 Å². The van der Waals surface area contributed by atoms with Crippen LogP contribution in [0.3, 0.4) is 0 Å². The van der Waals surface area contributed by atoms with Crippen molar-refractivity contribution in [2.24, 2.45) is 5.92 Å². The van der Waals surface area contributed by atoms with Gasteiger partial charge in [-0.1, -0.05) is 26.7 Å². The van der Waals surface area contributed by atoms with Crippen molar-refractivity contribution in [3.63, 3.8) is 0 Å². The smallest absolute Gasteiger partial charge is 0.165 e. The van der Waals surface area contributed by atoms with Gasteiger partial charge in [-0.25, -0.2) is 4.68 Å². The average molecular weight is 253 g/mol. The summed E-state index contributed by atoms with van der Waals surface area (Å²) in [7, 11) is 0. The molecule has 0 unspecified atom stereocenters. The van der Waals surface area contributed by atoms with Crippen LogP contribution in [0.4, 0.5) is 0 Å². The number of aromatic nitrogens is 4. The van der Waals surface area contributed by atoms with E-state index in [1.54, 1.807) is 0 Å². The largest absolute Gasteiger partial charge is 0.305 e. The maximum atomic E-state index is 4.07. The van der Waals surface area contributed by atoms with Gasteiger partial charge < -0.3 is 5.32 Å². The van der Waals surface area contributed by atoms with Crippen LogP contribution < -0.4 is 5.32 Å². The summed E-state index contributed by atoms with van der Waals surface area (Å²) in [6.45, 7) is 12.6. The molecule has 0 aliphatic carbocycles. The van der Waals surface area contributed by atoms with Crippen molar-refractivity contribution in [3.05, 3.63) is 5.82 Å². The molecule has 5 nitrogen and oxygen atoms in total. The van der Waals surface area contributed by atoms with Crippen molar-refractivity contribution >= 4 is 0 Å². The summed E-state index contributed by atoms with van der Waals surface area (Å²) >= 11 is 0. The Hall–Kier alpha value is -0.970. The van der Waals surface area contributed by atoms with Crippen molar-refractivity contribution in [1.82, 2.24) is 25.5 Å². The van der Waals surface area contributed by atoms with E-state index in [1.165, 1.54) is 12.8 Å². The van der Waals surface area contributed by atoms with E-state index in [1.807, 2.05) is 4.68 Å². The fourth-order valence-corrected chi connectivity index (χ4v) is 1.68. The van der Waals surface area contributed by atoms with Gasteiger partial charge in [0.1, 0.15) is 0 Å². The molecular weight excluding hydrogens is 226 g/mol. The van der Waals surface area contributed by atoms with E-state index in [2.05, 4.69) is 55.5 Å². The fraction of sp³-hybridized carbons (Fsp3) is 0.923. The molecule has 1 heterocycles. The lowest BCUT2D eigenvalue weighted by atomic mass is 10.1. The van der Waals surface area contributed by atoms with Crippen LogP contribution >= 0.6 is 0 Å². The first kappa shape index (κ1) is 15.1. The highest BCUT2D eigenvalue weighted by molar-refractivity contribution is 4.83. The number of hydrogen-bond acceptors (Lipinski definition) is 4. The molecule has 104 valence electrons. The number of unbranched alkanes of at least 4 members (excludes halogenated alkanes) is 1. The van der Waals surface area contributed by atoms with Crippen LogP contribution in [-0.4, -0.2) is 25.7 Å². The van der Waals surface area contributed by atoms with E-state index in [4.69, 9.17) is 0 Å². The van der Waals surface area contributed by atoms with Gasteiger partial charge in [0.25, 0.3) is 0 Å². The molecule has 1 aromatic heterocycles. The number of rotatable bonds is 7. The van der Waals surface area contributed by atoms with Crippen LogP contribution in [0.5, 0.6) is 0 Å². The Morgan fingerprint density at radius 3 is 2.56 bits per heavy atom. The first-order valence-electron chi connectivity index (χ1n) is 6.88. The molecule has 0 amide bonds. The monoisotopic (exact) mass is 253 g/mol. The standard InChI is InChI=1S/C13H27N5/c1-11(2)8-6-7-9-18-12(15-16-17-18)10-14-13(3,4)5/h11,14H,6-10H2,1-5H3. The van der Waals surface area contributed by atoms with E-state index in [9.17, 15) is 0 Å².